The number of anilines is 1. The van der Waals surface area contributed by atoms with Gasteiger partial charge in [0, 0.05) is 19.3 Å². The van der Waals surface area contributed by atoms with Crippen LogP contribution >= 0.6 is 0 Å². The fourth-order valence-electron chi connectivity index (χ4n) is 1.58. The van der Waals surface area contributed by atoms with E-state index in [1.807, 2.05) is 24.1 Å². The van der Waals surface area contributed by atoms with Gasteiger partial charge in [-0.05, 0) is 24.1 Å². The first-order valence-corrected chi connectivity index (χ1v) is 5.57. The summed E-state index contributed by atoms with van der Waals surface area (Å²) < 4.78 is 0. The average molecular weight is 221 g/mol. The molecule has 0 saturated heterocycles. The third-order valence-electron chi connectivity index (χ3n) is 2.75. The fraction of sp³-hybridized carbons (Fsp3) is 0.462. The second-order valence-corrected chi connectivity index (χ2v) is 4.14. The van der Waals surface area contributed by atoms with Gasteiger partial charge < -0.3 is 10.0 Å². The van der Waals surface area contributed by atoms with E-state index < -0.39 is 5.97 Å². The lowest BCUT2D eigenvalue weighted by Crippen LogP contribution is -2.28. The van der Waals surface area contributed by atoms with Crippen molar-refractivity contribution in [1.82, 2.24) is 0 Å². The van der Waals surface area contributed by atoms with Crippen LogP contribution in [0.2, 0.25) is 0 Å². The summed E-state index contributed by atoms with van der Waals surface area (Å²) in [6.45, 7) is 4.37. The summed E-state index contributed by atoms with van der Waals surface area (Å²) in [4.78, 5) is 12.7. The lowest BCUT2D eigenvalue weighted by atomic mass is 10.1. The zero-order valence-corrected chi connectivity index (χ0v) is 10.1. The van der Waals surface area contributed by atoms with Crippen LogP contribution in [0.25, 0.3) is 0 Å². The Morgan fingerprint density at radius 2 is 1.94 bits per heavy atom. The zero-order chi connectivity index (χ0) is 12.1. The predicted molar refractivity (Wildman–Crippen MR) is 65.9 cm³/mol. The van der Waals surface area contributed by atoms with E-state index in [0.29, 0.717) is 6.54 Å². The van der Waals surface area contributed by atoms with E-state index in [1.165, 1.54) is 5.56 Å². The third-order valence-corrected chi connectivity index (χ3v) is 2.75. The van der Waals surface area contributed by atoms with Crippen LogP contribution in [0.1, 0.15) is 19.4 Å². The maximum atomic E-state index is 10.7. The van der Waals surface area contributed by atoms with Gasteiger partial charge in [-0.1, -0.05) is 26.0 Å². The Morgan fingerprint density at radius 3 is 2.38 bits per heavy atom. The summed E-state index contributed by atoms with van der Waals surface area (Å²) in [5.41, 5.74) is 2.36. The van der Waals surface area contributed by atoms with Gasteiger partial charge >= 0.3 is 5.97 Å². The Kier molecular flexibility index (Phi) is 4.35. The van der Waals surface area contributed by atoms with E-state index in [-0.39, 0.29) is 5.92 Å². The molecule has 0 fully saturated rings. The molecule has 3 heteroatoms. The number of aryl methyl sites for hydroxylation is 1. The molecule has 0 heterocycles. The maximum Gasteiger partial charge on any atom is 0.308 e. The standard InChI is InChI=1S/C13H19NO2/c1-4-11-5-7-12(8-6-11)14(3)9-10(2)13(15)16/h5-8,10H,4,9H2,1-3H3,(H,15,16). The van der Waals surface area contributed by atoms with Crippen molar-refractivity contribution in [3.05, 3.63) is 29.8 Å². The van der Waals surface area contributed by atoms with Crippen molar-refractivity contribution in [1.29, 1.82) is 0 Å². The number of carboxylic acid groups (broad SMARTS) is 1. The minimum absolute atomic E-state index is 0.351. The highest BCUT2D eigenvalue weighted by Gasteiger charge is 2.13. The van der Waals surface area contributed by atoms with Crippen molar-refractivity contribution in [2.75, 3.05) is 18.5 Å². The first-order chi connectivity index (χ1) is 7.54. The van der Waals surface area contributed by atoms with Gasteiger partial charge in [-0.2, -0.15) is 0 Å². The fourth-order valence-corrected chi connectivity index (χ4v) is 1.58. The molecule has 0 radical (unpaired) electrons. The summed E-state index contributed by atoms with van der Waals surface area (Å²) in [5.74, 6) is -1.10. The van der Waals surface area contributed by atoms with Gasteiger partial charge in [0.25, 0.3) is 0 Å². The Hall–Kier alpha value is -1.51. The number of rotatable bonds is 5. The van der Waals surface area contributed by atoms with E-state index >= 15 is 0 Å². The summed E-state index contributed by atoms with van der Waals surface area (Å²) in [7, 11) is 1.92. The van der Waals surface area contributed by atoms with Crippen LogP contribution in [-0.2, 0) is 11.2 Å². The Balaban J connectivity index is 2.65. The topological polar surface area (TPSA) is 40.5 Å². The molecule has 0 aliphatic rings. The largest absolute Gasteiger partial charge is 0.481 e. The molecule has 0 aliphatic carbocycles. The van der Waals surface area contributed by atoms with Crippen LogP contribution in [0, 0.1) is 5.92 Å². The second-order valence-electron chi connectivity index (χ2n) is 4.14. The molecule has 0 saturated carbocycles. The highest BCUT2D eigenvalue weighted by Crippen LogP contribution is 2.15. The van der Waals surface area contributed by atoms with Crippen LogP contribution in [0.5, 0.6) is 0 Å². The van der Waals surface area contributed by atoms with Crippen molar-refractivity contribution in [2.45, 2.75) is 20.3 Å². The monoisotopic (exact) mass is 221 g/mol. The van der Waals surface area contributed by atoms with Gasteiger partial charge in [0.15, 0.2) is 0 Å². The highest BCUT2D eigenvalue weighted by molar-refractivity contribution is 5.70. The van der Waals surface area contributed by atoms with E-state index in [4.69, 9.17) is 5.11 Å². The van der Waals surface area contributed by atoms with Crippen molar-refractivity contribution in [3.63, 3.8) is 0 Å². The van der Waals surface area contributed by atoms with Crippen LogP contribution in [0.15, 0.2) is 24.3 Å². The molecule has 88 valence electrons. The highest BCUT2D eigenvalue weighted by atomic mass is 16.4. The van der Waals surface area contributed by atoms with Crippen LogP contribution in [0.3, 0.4) is 0 Å². The van der Waals surface area contributed by atoms with E-state index in [2.05, 4.69) is 19.1 Å². The first kappa shape index (κ1) is 12.6. The smallest absolute Gasteiger partial charge is 0.308 e. The molecule has 1 aromatic carbocycles. The van der Waals surface area contributed by atoms with Crippen LogP contribution in [-0.4, -0.2) is 24.7 Å². The van der Waals surface area contributed by atoms with E-state index in [0.717, 1.165) is 12.1 Å². The lowest BCUT2D eigenvalue weighted by molar-refractivity contribution is -0.140. The first-order valence-electron chi connectivity index (χ1n) is 5.57. The molecule has 0 bridgehead atoms. The molecule has 1 rings (SSSR count). The van der Waals surface area contributed by atoms with E-state index in [9.17, 15) is 4.79 Å². The summed E-state index contributed by atoms with van der Waals surface area (Å²) >= 11 is 0. The second kappa shape index (κ2) is 5.54. The number of hydrogen-bond acceptors (Lipinski definition) is 2. The molecule has 0 spiro atoms. The molecule has 1 aromatic rings. The van der Waals surface area contributed by atoms with Crippen molar-refractivity contribution < 1.29 is 9.90 Å². The maximum absolute atomic E-state index is 10.7. The SMILES string of the molecule is CCc1ccc(N(C)CC(C)C(=O)O)cc1. The Labute approximate surface area is 96.7 Å². The van der Waals surface area contributed by atoms with Gasteiger partial charge in [0.1, 0.15) is 0 Å². The van der Waals surface area contributed by atoms with Crippen molar-refractivity contribution in [3.8, 4) is 0 Å². The quantitative estimate of drug-likeness (QED) is 0.830. The van der Waals surface area contributed by atoms with Crippen LogP contribution < -0.4 is 4.90 Å². The zero-order valence-electron chi connectivity index (χ0n) is 10.1. The van der Waals surface area contributed by atoms with Crippen LogP contribution in [0.4, 0.5) is 5.69 Å². The minimum Gasteiger partial charge on any atom is -0.481 e. The summed E-state index contributed by atoms with van der Waals surface area (Å²) in [6, 6.07) is 8.23. The average Bonchev–Trinajstić information content (AvgIpc) is 2.28. The summed E-state index contributed by atoms with van der Waals surface area (Å²) in [6.07, 6.45) is 1.02. The van der Waals surface area contributed by atoms with E-state index in [1.54, 1.807) is 6.92 Å². The molecule has 1 unspecified atom stereocenters. The number of carboxylic acids is 1. The van der Waals surface area contributed by atoms with Gasteiger partial charge in [0.05, 0.1) is 5.92 Å². The summed E-state index contributed by atoms with van der Waals surface area (Å²) in [5, 5.41) is 8.83. The number of aliphatic carboxylic acids is 1. The van der Waals surface area contributed by atoms with Gasteiger partial charge in [0.2, 0.25) is 0 Å². The molecular formula is C13H19NO2. The number of nitrogens with zero attached hydrogens (tertiary/aromatic N) is 1. The van der Waals surface area contributed by atoms with Crippen molar-refractivity contribution >= 4 is 11.7 Å². The Bertz CT molecular complexity index is 345. The van der Waals surface area contributed by atoms with Gasteiger partial charge in [-0.3, -0.25) is 4.79 Å². The molecular weight excluding hydrogens is 202 g/mol. The molecule has 3 nitrogen and oxygen atoms in total. The number of hydrogen-bond donors (Lipinski definition) is 1. The molecule has 0 aromatic heterocycles. The number of carbonyl (C=O) groups is 1. The molecule has 16 heavy (non-hydrogen) atoms. The molecule has 1 N–H and O–H groups in total. The number of benzene rings is 1. The minimum atomic E-state index is -0.753. The Morgan fingerprint density at radius 1 is 1.38 bits per heavy atom. The normalized spacial score (nSPS) is 12.2. The third kappa shape index (κ3) is 3.26. The lowest BCUT2D eigenvalue weighted by Gasteiger charge is -2.21. The van der Waals surface area contributed by atoms with Gasteiger partial charge in [-0.25, -0.2) is 0 Å². The predicted octanol–water partition coefficient (Wildman–Crippen LogP) is 2.41. The van der Waals surface area contributed by atoms with Gasteiger partial charge in [-0.15, -0.1) is 0 Å². The molecule has 0 aliphatic heterocycles. The van der Waals surface area contributed by atoms with Crippen molar-refractivity contribution in [2.24, 2.45) is 5.92 Å². The molecule has 1 atom stereocenters. The molecule has 0 amide bonds.